The molecule has 0 saturated heterocycles. The molecule has 0 aromatic carbocycles. The Bertz CT molecular complexity index is 64.6. The third-order valence-corrected chi connectivity index (χ3v) is 1.47. The summed E-state index contributed by atoms with van der Waals surface area (Å²) in [5.41, 5.74) is 0.532. The van der Waals surface area contributed by atoms with Gasteiger partial charge >= 0.3 is 0 Å². The molecule has 0 heterocycles. The summed E-state index contributed by atoms with van der Waals surface area (Å²) in [6.45, 7) is 11.5. The van der Waals surface area contributed by atoms with Crippen LogP contribution in [0.4, 0.5) is 0 Å². The lowest BCUT2D eigenvalue weighted by Gasteiger charge is -2.18. The molecule has 0 aromatic heterocycles. The molecule has 0 unspecified atom stereocenters. The topological polar surface area (TPSA) is 0 Å². The lowest BCUT2D eigenvalue weighted by molar-refractivity contribution is 0.338. The van der Waals surface area contributed by atoms with E-state index in [4.69, 9.17) is 0 Å². The zero-order valence-corrected chi connectivity index (χ0v) is 7.49. The Hall–Kier alpha value is 0. The van der Waals surface area contributed by atoms with E-state index in [2.05, 4.69) is 34.6 Å². The summed E-state index contributed by atoms with van der Waals surface area (Å²) in [6.07, 6.45) is 2.72. The van der Waals surface area contributed by atoms with Crippen molar-refractivity contribution in [2.45, 2.75) is 54.9 Å². The maximum Gasteiger partial charge on any atom is -0.0383 e. The van der Waals surface area contributed by atoms with E-state index in [0.717, 1.165) is 5.92 Å². The van der Waals surface area contributed by atoms with Crippen LogP contribution >= 0.6 is 0 Å². The zero-order chi connectivity index (χ0) is 7.49. The van der Waals surface area contributed by atoms with Crippen LogP contribution in [0.3, 0.4) is 0 Å². The molecule has 0 atom stereocenters. The summed E-state index contributed by atoms with van der Waals surface area (Å²) in [6, 6.07) is 0. The minimum Gasteiger partial charge on any atom is -0.0776 e. The van der Waals surface area contributed by atoms with Crippen molar-refractivity contribution in [1.29, 1.82) is 0 Å². The second kappa shape index (κ2) is 4.76. The molecule has 10 heavy (non-hydrogen) atoms. The summed E-state index contributed by atoms with van der Waals surface area (Å²) in [5.74, 6) is 0.865. The lowest BCUT2D eigenvalue weighted by atomic mass is 9.88. The molecule has 0 N–H and O–H groups in total. The highest BCUT2D eigenvalue weighted by Crippen LogP contribution is 2.22. The minimum absolute atomic E-state index is 0. The van der Waals surface area contributed by atoms with Crippen molar-refractivity contribution in [1.82, 2.24) is 0 Å². The van der Waals surface area contributed by atoms with Crippen LogP contribution in [-0.4, -0.2) is 0 Å². The first-order valence-corrected chi connectivity index (χ1v) is 3.92. The molecule has 0 saturated carbocycles. The van der Waals surface area contributed by atoms with Crippen molar-refractivity contribution >= 4 is 0 Å². The molecule has 0 aliphatic rings. The van der Waals surface area contributed by atoms with E-state index in [1.54, 1.807) is 0 Å². The minimum atomic E-state index is 0. The molecule has 0 aliphatic carbocycles. The van der Waals surface area contributed by atoms with Gasteiger partial charge in [-0.25, -0.2) is 0 Å². The summed E-state index contributed by atoms with van der Waals surface area (Å²) in [7, 11) is 0. The van der Waals surface area contributed by atoms with Crippen molar-refractivity contribution < 1.29 is 0 Å². The molecule has 0 bridgehead atoms. The molecule has 0 fully saturated rings. The Kier molecular flexibility index (Phi) is 6.02. The Balaban J connectivity index is 0. The average Bonchev–Trinajstić information content (AvgIpc) is 1.59. The van der Waals surface area contributed by atoms with Gasteiger partial charge in [-0.05, 0) is 17.8 Å². The predicted octanol–water partition coefficient (Wildman–Crippen LogP) is 4.10. The SMILES string of the molecule is C.CC(C)CCC(C)(C)C. The average molecular weight is 144 g/mol. The predicted molar refractivity (Wildman–Crippen MR) is 50.3 cm³/mol. The monoisotopic (exact) mass is 144 g/mol. The first kappa shape index (κ1) is 12.7. The highest BCUT2D eigenvalue weighted by Gasteiger charge is 2.09. The van der Waals surface area contributed by atoms with Gasteiger partial charge in [-0.1, -0.05) is 48.5 Å². The quantitative estimate of drug-likeness (QED) is 0.547. The Morgan fingerprint density at radius 1 is 1.10 bits per heavy atom. The fourth-order valence-electron chi connectivity index (χ4n) is 0.722. The van der Waals surface area contributed by atoms with Crippen molar-refractivity contribution in [2.75, 3.05) is 0 Å². The first-order valence-electron chi connectivity index (χ1n) is 3.92. The van der Waals surface area contributed by atoms with Gasteiger partial charge in [0.15, 0.2) is 0 Å². The van der Waals surface area contributed by atoms with Gasteiger partial charge in [0, 0.05) is 0 Å². The van der Waals surface area contributed by atoms with E-state index in [1.807, 2.05) is 0 Å². The van der Waals surface area contributed by atoms with Crippen LogP contribution in [0.2, 0.25) is 0 Å². The maximum atomic E-state index is 2.30. The molecule has 0 aromatic rings. The fraction of sp³-hybridized carbons (Fsp3) is 1.00. The highest BCUT2D eigenvalue weighted by atomic mass is 14.2. The summed E-state index contributed by atoms with van der Waals surface area (Å²) >= 11 is 0. The number of rotatable bonds is 2. The molecule has 0 heteroatoms. The Morgan fingerprint density at radius 2 is 1.50 bits per heavy atom. The fourth-order valence-corrected chi connectivity index (χ4v) is 0.722. The number of hydrogen-bond donors (Lipinski definition) is 0. The summed E-state index contributed by atoms with van der Waals surface area (Å²) in [4.78, 5) is 0. The van der Waals surface area contributed by atoms with E-state index in [1.165, 1.54) is 12.8 Å². The van der Waals surface area contributed by atoms with Crippen LogP contribution in [-0.2, 0) is 0 Å². The molecule has 0 spiro atoms. The standard InChI is InChI=1S/C9H20.CH4/c1-8(2)6-7-9(3,4)5;/h8H,6-7H2,1-5H3;1H4. The zero-order valence-electron chi connectivity index (χ0n) is 7.49. The van der Waals surface area contributed by atoms with Crippen molar-refractivity contribution in [3.63, 3.8) is 0 Å². The maximum absolute atomic E-state index is 2.30. The normalized spacial score (nSPS) is 11.4. The van der Waals surface area contributed by atoms with Crippen LogP contribution in [0.5, 0.6) is 0 Å². The van der Waals surface area contributed by atoms with E-state index >= 15 is 0 Å². The van der Waals surface area contributed by atoms with Gasteiger partial charge in [0.2, 0.25) is 0 Å². The summed E-state index contributed by atoms with van der Waals surface area (Å²) in [5, 5.41) is 0. The van der Waals surface area contributed by atoms with Crippen molar-refractivity contribution in [2.24, 2.45) is 11.3 Å². The van der Waals surface area contributed by atoms with Crippen molar-refractivity contribution in [3.05, 3.63) is 0 Å². The molecule has 0 rings (SSSR count). The van der Waals surface area contributed by atoms with E-state index in [9.17, 15) is 0 Å². The molecular formula is C10H24. The van der Waals surface area contributed by atoms with Crippen LogP contribution in [0, 0.1) is 11.3 Å². The van der Waals surface area contributed by atoms with Crippen molar-refractivity contribution in [3.8, 4) is 0 Å². The van der Waals surface area contributed by atoms with Crippen LogP contribution < -0.4 is 0 Å². The van der Waals surface area contributed by atoms with Gasteiger partial charge in [0.05, 0.1) is 0 Å². The third kappa shape index (κ3) is 10.9. The highest BCUT2D eigenvalue weighted by molar-refractivity contribution is 4.61. The van der Waals surface area contributed by atoms with Gasteiger partial charge in [0.1, 0.15) is 0 Å². The Morgan fingerprint density at radius 3 is 1.60 bits per heavy atom. The largest absolute Gasteiger partial charge is 0.0776 e. The molecule has 64 valence electrons. The molecule has 0 amide bonds. The molecule has 0 nitrogen and oxygen atoms in total. The lowest BCUT2D eigenvalue weighted by Crippen LogP contribution is -2.05. The van der Waals surface area contributed by atoms with Gasteiger partial charge in [-0.3, -0.25) is 0 Å². The van der Waals surface area contributed by atoms with Crippen LogP contribution in [0.25, 0.3) is 0 Å². The first-order chi connectivity index (χ1) is 3.92. The van der Waals surface area contributed by atoms with Gasteiger partial charge in [-0.2, -0.15) is 0 Å². The Labute approximate surface area is 67.0 Å². The molecule has 0 aliphatic heterocycles. The van der Waals surface area contributed by atoms with Crippen LogP contribution in [0.1, 0.15) is 54.9 Å². The van der Waals surface area contributed by atoms with Crippen LogP contribution in [0.15, 0.2) is 0 Å². The van der Waals surface area contributed by atoms with E-state index < -0.39 is 0 Å². The van der Waals surface area contributed by atoms with E-state index in [0.29, 0.717) is 5.41 Å². The van der Waals surface area contributed by atoms with Gasteiger partial charge < -0.3 is 0 Å². The smallest absolute Gasteiger partial charge is 0.0383 e. The van der Waals surface area contributed by atoms with Gasteiger partial charge in [-0.15, -0.1) is 0 Å². The van der Waals surface area contributed by atoms with E-state index in [-0.39, 0.29) is 7.43 Å². The van der Waals surface area contributed by atoms with Gasteiger partial charge in [0.25, 0.3) is 0 Å². The second-order valence-electron chi connectivity index (χ2n) is 4.49. The third-order valence-electron chi connectivity index (χ3n) is 1.47. The molecular weight excluding hydrogens is 120 g/mol. The second-order valence-corrected chi connectivity index (χ2v) is 4.49. The summed E-state index contributed by atoms with van der Waals surface area (Å²) < 4.78 is 0. The molecule has 0 radical (unpaired) electrons. The number of hydrogen-bond acceptors (Lipinski definition) is 0.